The molecule has 0 amide bonds. The first-order valence-electron chi connectivity index (χ1n) is 4.88. The van der Waals surface area contributed by atoms with Crippen molar-refractivity contribution >= 4 is 10.8 Å². The SMILES string of the molecule is CNCC#Cc1cncc2ccccc12. The van der Waals surface area contributed by atoms with E-state index in [1.54, 1.807) is 0 Å². The largest absolute Gasteiger partial charge is 0.309 e. The van der Waals surface area contributed by atoms with Gasteiger partial charge in [-0.3, -0.25) is 4.98 Å². The number of hydrogen-bond acceptors (Lipinski definition) is 2. The van der Waals surface area contributed by atoms with E-state index in [9.17, 15) is 0 Å². The minimum atomic E-state index is 0.698. The molecule has 74 valence electrons. The van der Waals surface area contributed by atoms with Crippen molar-refractivity contribution < 1.29 is 0 Å². The molecule has 0 bridgehead atoms. The number of pyridine rings is 1. The van der Waals surface area contributed by atoms with Gasteiger partial charge in [-0.25, -0.2) is 0 Å². The van der Waals surface area contributed by atoms with E-state index in [0.717, 1.165) is 16.3 Å². The van der Waals surface area contributed by atoms with Crippen LogP contribution in [-0.2, 0) is 0 Å². The van der Waals surface area contributed by atoms with Gasteiger partial charge in [0, 0.05) is 23.2 Å². The lowest BCUT2D eigenvalue weighted by Crippen LogP contribution is -2.04. The van der Waals surface area contributed by atoms with E-state index in [4.69, 9.17) is 0 Å². The Morgan fingerprint density at radius 2 is 2.13 bits per heavy atom. The number of hydrogen-bond donors (Lipinski definition) is 1. The third-order valence-electron chi connectivity index (χ3n) is 2.16. The first-order chi connectivity index (χ1) is 7.42. The molecule has 1 aromatic carbocycles. The van der Waals surface area contributed by atoms with Gasteiger partial charge in [0.15, 0.2) is 0 Å². The zero-order valence-corrected chi connectivity index (χ0v) is 8.62. The van der Waals surface area contributed by atoms with Crippen molar-refractivity contribution in [2.24, 2.45) is 0 Å². The topological polar surface area (TPSA) is 24.9 Å². The summed E-state index contributed by atoms with van der Waals surface area (Å²) in [4.78, 5) is 4.17. The molecule has 15 heavy (non-hydrogen) atoms. The fraction of sp³-hybridized carbons (Fsp3) is 0.154. The van der Waals surface area contributed by atoms with E-state index in [1.165, 1.54) is 0 Å². The molecule has 1 aromatic heterocycles. The summed E-state index contributed by atoms with van der Waals surface area (Å²) < 4.78 is 0. The molecule has 2 heteroatoms. The summed E-state index contributed by atoms with van der Waals surface area (Å²) in [5.41, 5.74) is 0.989. The van der Waals surface area contributed by atoms with Gasteiger partial charge >= 0.3 is 0 Å². The lowest BCUT2D eigenvalue weighted by atomic mass is 10.1. The van der Waals surface area contributed by atoms with Crippen LogP contribution in [0.15, 0.2) is 36.7 Å². The lowest BCUT2D eigenvalue weighted by molar-refractivity contribution is 0.938. The van der Waals surface area contributed by atoms with Crippen molar-refractivity contribution in [1.82, 2.24) is 10.3 Å². The average molecular weight is 196 g/mol. The maximum absolute atomic E-state index is 4.17. The van der Waals surface area contributed by atoms with Gasteiger partial charge in [0.1, 0.15) is 0 Å². The van der Waals surface area contributed by atoms with Crippen LogP contribution in [0, 0.1) is 11.8 Å². The number of benzene rings is 1. The molecule has 2 rings (SSSR count). The molecule has 0 radical (unpaired) electrons. The predicted octanol–water partition coefficient (Wildman–Crippen LogP) is 1.81. The highest BCUT2D eigenvalue weighted by molar-refractivity contribution is 5.87. The Morgan fingerprint density at radius 1 is 1.27 bits per heavy atom. The van der Waals surface area contributed by atoms with Gasteiger partial charge in [-0.2, -0.15) is 0 Å². The second-order valence-corrected chi connectivity index (χ2v) is 3.24. The Morgan fingerprint density at radius 3 is 3.00 bits per heavy atom. The molecule has 0 aliphatic heterocycles. The molecule has 0 saturated heterocycles. The van der Waals surface area contributed by atoms with Crippen LogP contribution in [-0.4, -0.2) is 18.6 Å². The molecule has 1 N–H and O–H groups in total. The van der Waals surface area contributed by atoms with E-state index in [0.29, 0.717) is 6.54 Å². The zero-order chi connectivity index (χ0) is 10.5. The van der Waals surface area contributed by atoms with Gasteiger partial charge in [-0.15, -0.1) is 0 Å². The third kappa shape index (κ3) is 2.15. The highest BCUT2D eigenvalue weighted by Crippen LogP contribution is 2.15. The molecule has 0 unspecified atom stereocenters. The quantitative estimate of drug-likeness (QED) is 0.703. The predicted molar refractivity (Wildman–Crippen MR) is 62.5 cm³/mol. The summed E-state index contributed by atoms with van der Waals surface area (Å²) >= 11 is 0. The molecule has 0 fully saturated rings. The summed E-state index contributed by atoms with van der Waals surface area (Å²) in [6.45, 7) is 0.698. The van der Waals surface area contributed by atoms with Crippen LogP contribution >= 0.6 is 0 Å². The van der Waals surface area contributed by atoms with Crippen LogP contribution in [0.1, 0.15) is 5.56 Å². The fourth-order valence-electron chi connectivity index (χ4n) is 1.44. The summed E-state index contributed by atoms with van der Waals surface area (Å²) in [5, 5.41) is 5.29. The Hall–Kier alpha value is -1.85. The van der Waals surface area contributed by atoms with Crippen LogP contribution in [0.25, 0.3) is 10.8 Å². The maximum atomic E-state index is 4.17. The molecule has 0 aliphatic rings. The molecular formula is C13H12N2. The van der Waals surface area contributed by atoms with Crippen molar-refractivity contribution in [3.05, 3.63) is 42.2 Å². The average Bonchev–Trinajstić information content (AvgIpc) is 2.30. The van der Waals surface area contributed by atoms with Crippen molar-refractivity contribution in [3.8, 4) is 11.8 Å². The lowest BCUT2D eigenvalue weighted by Gasteiger charge is -1.98. The highest BCUT2D eigenvalue weighted by atomic mass is 14.8. The van der Waals surface area contributed by atoms with Gasteiger partial charge in [0.2, 0.25) is 0 Å². The monoisotopic (exact) mass is 196 g/mol. The summed E-state index contributed by atoms with van der Waals surface area (Å²) in [7, 11) is 1.88. The van der Waals surface area contributed by atoms with Gasteiger partial charge in [-0.05, 0) is 7.05 Å². The first kappa shape index (κ1) is 9.70. The number of nitrogens with one attached hydrogen (secondary N) is 1. The highest BCUT2D eigenvalue weighted by Gasteiger charge is 1.96. The van der Waals surface area contributed by atoms with Crippen molar-refractivity contribution in [2.45, 2.75) is 0 Å². The van der Waals surface area contributed by atoms with Crippen LogP contribution < -0.4 is 5.32 Å². The first-order valence-corrected chi connectivity index (χ1v) is 4.88. The molecule has 2 nitrogen and oxygen atoms in total. The van der Waals surface area contributed by atoms with Crippen molar-refractivity contribution in [3.63, 3.8) is 0 Å². The van der Waals surface area contributed by atoms with Crippen LogP contribution in [0.5, 0.6) is 0 Å². The smallest absolute Gasteiger partial charge is 0.0577 e. The number of fused-ring (bicyclic) bond motifs is 1. The molecule has 0 saturated carbocycles. The Bertz CT molecular complexity index is 515. The van der Waals surface area contributed by atoms with Crippen LogP contribution in [0.4, 0.5) is 0 Å². The van der Waals surface area contributed by atoms with Crippen molar-refractivity contribution in [1.29, 1.82) is 0 Å². The minimum absolute atomic E-state index is 0.698. The number of nitrogens with zero attached hydrogens (tertiary/aromatic N) is 1. The second-order valence-electron chi connectivity index (χ2n) is 3.24. The molecule has 0 atom stereocenters. The fourth-order valence-corrected chi connectivity index (χ4v) is 1.44. The van der Waals surface area contributed by atoms with Crippen LogP contribution in [0.2, 0.25) is 0 Å². The van der Waals surface area contributed by atoms with Gasteiger partial charge in [-0.1, -0.05) is 36.1 Å². The van der Waals surface area contributed by atoms with Gasteiger partial charge in [0.25, 0.3) is 0 Å². The normalized spacial score (nSPS) is 9.67. The Kier molecular flexibility index (Phi) is 2.96. The molecular weight excluding hydrogens is 184 g/mol. The van der Waals surface area contributed by atoms with E-state index in [-0.39, 0.29) is 0 Å². The molecule has 2 aromatic rings. The number of aromatic nitrogens is 1. The second kappa shape index (κ2) is 4.59. The van der Waals surface area contributed by atoms with E-state index in [2.05, 4.69) is 28.2 Å². The molecule has 0 spiro atoms. The third-order valence-corrected chi connectivity index (χ3v) is 2.16. The van der Waals surface area contributed by atoms with E-state index >= 15 is 0 Å². The molecule has 0 aliphatic carbocycles. The minimum Gasteiger partial charge on any atom is -0.309 e. The number of rotatable bonds is 1. The Balaban J connectivity index is 2.48. The van der Waals surface area contributed by atoms with Crippen LogP contribution in [0.3, 0.4) is 0 Å². The summed E-state index contributed by atoms with van der Waals surface area (Å²) in [6, 6.07) is 8.15. The maximum Gasteiger partial charge on any atom is 0.0577 e. The van der Waals surface area contributed by atoms with Crippen molar-refractivity contribution in [2.75, 3.05) is 13.6 Å². The Labute approximate surface area is 89.3 Å². The standard InChI is InChI=1S/C13H12N2/c1-14-8-4-6-12-10-15-9-11-5-2-3-7-13(11)12/h2-3,5,7,9-10,14H,8H2,1H3. The van der Waals surface area contributed by atoms with Gasteiger partial charge in [0.05, 0.1) is 12.1 Å². The summed E-state index contributed by atoms with van der Waals surface area (Å²) in [6.07, 6.45) is 3.67. The van der Waals surface area contributed by atoms with E-state index < -0.39 is 0 Å². The van der Waals surface area contributed by atoms with E-state index in [1.807, 2.05) is 37.6 Å². The van der Waals surface area contributed by atoms with Gasteiger partial charge < -0.3 is 5.32 Å². The molecule has 1 heterocycles. The summed E-state index contributed by atoms with van der Waals surface area (Å²) in [5.74, 6) is 6.16. The zero-order valence-electron chi connectivity index (χ0n) is 8.62.